The highest BCUT2D eigenvalue weighted by Gasteiger charge is 2.25. The molecule has 1 N–H and O–H groups in total. The van der Waals surface area contributed by atoms with Gasteiger partial charge in [-0.2, -0.15) is 0 Å². The standard InChI is InChI=1S/C11H16N2O/c1-13-4-2-3-11(13)10-5-9(8-14)6-12-7-10/h6-8,11-12H,2-5H2,1H3. The van der Waals surface area contributed by atoms with Crippen LogP contribution in [0.3, 0.4) is 0 Å². The van der Waals surface area contributed by atoms with Gasteiger partial charge in [-0.3, -0.25) is 9.69 Å². The van der Waals surface area contributed by atoms with E-state index in [0.717, 1.165) is 18.3 Å². The van der Waals surface area contributed by atoms with Crippen molar-refractivity contribution in [3.63, 3.8) is 0 Å². The van der Waals surface area contributed by atoms with E-state index >= 15 is 0 Å². The second kappa shape index (κ2) is 3.96. The van der Waals surface area contributed by atoms with Crippen LogP contribution in [0.2, 0.25) is 0 Å². The zero-order valence-corrected chi connectivity index (χ0v) is 8.49. The fourth-order valence-corrected chi connectivity index (χ4v) is 2.26. The minimum absolute atomic E-state index is 0.533. The van der Waals surface area contributed by atoms with E-state index in [2.05, 4.69) is 17.3 Å². The molecule has 2 aliphatic rings. The average Bonchev–Trinajstić information content (AvgIpc) is 2.65. The van der Waals surface area contributed by atoms with Gasteiger partial charge >= 0.3 is 0 Å². The Kier molecular flexibility index (Phi) is 2.68. The second-order valence-corrected chi connectivity index (χ2v) is 4.04. The summed E-state index contributed by atoms with van der Waals surface area (Å²) in [4.78, 5) is 13.0. The summed E-state index contributed by atoms with van der Waals surface area (Å²) in [6.45, 7) is 1.17. The first kappa shape index (κ1) is 9.46. The van der Waals surface area contributed by atoms with Crippen molar-refractivity contribution < 1.29 is 4.79 Å². The van der Waals surface area contributed by atoms with Crippen LogP contribution in [0.1, 0.15) is 19.3 Å². The lowest BCUT2D eigenvalue weighted by Gasteiger charge is -2.24. The Balaban J connectivity index is 2.05. The van der Waals surface area contributed by atoms with Crippen LogP contribution in [0.4, 0.5) is 0 Å². The van der Waals surface area contributed by atoms with Crippen molar-refractivity contribution in [3.8, 4) is 0 Å². The lowest BCUT2D eigenvalue weighted by Crippen LogP contribution is -2.29. The lowest BCUT2D eigenvalue weighted by molar-refractivity contribution is -0.105. The Labute approximate surface area is 84.5 Å². The molecule has 0 radical (unpaired) electrons. The molecule has 1 unspecified atom stereocenters. The van der Waals surface area contributed by atoms with E-state index in [-0.39, 0.29) is 0 Å². The maximum absolute atomic E-state index is 10.7. The minimum atomic E-state index is 0.533. The van der Waals surface area contributed by atoms with Crippen molar-refractivity contribution in [2.75, 3.05) is 13.6 Å². The molecule has 1 atom stereocenters. The summed E-state index contributed by atoms with van der Waals surface area (Å²) < 4.78 is 0. The van der Waals surface area contributed by atoms with Crippen molar-refractivity contribution in [1.29, 1.82) is 0 Å². The summed E-state index contributed by atoms with van der Waals surface area (Å²) in [6.07, 6.45) is 8.06. The molecule has 0 saturated carbocycles. The summed E-state index contributed by atoms with van der Waals surface area (Å²) in [5, 5.41) is 3.05. The van der Waals surface area contributed by atoms with Gasteiger partial charge in [0.2, 0.25) is 0 Å². The van der Waals surface area contributed by atoms with Crippen LogP contribution in [0, 0.1) is 0 Å². The van der Waals surface area contributed by atoms with Gasteiger partial charge in [0.15, 0.2) is 0 Å². The molecule has 0 bridgehead atoms. The highest BCUT2D eigenvalue weighted by molar-refractivity contribution is 5.74. The molecule has 0 aromatic rings. The van der Waals surface area contributed by atoms with Gasteiger partial charge in [0, 0.05) is 30.4 Å². The van der Waals surface area contributed by atoms with Gasteiger partial charge in [0.1, 0.15) is 6.29 Å². The molecule has 3 nitrogen and oxygen atoms in total. The maximum Gasteiger partial charge on any atom is 0.147 e. The average molecular weight is 192 g/mol. The van der Waals surface area contributed by atoms with E-state index in [9.17, 15) is 4.79 Å². The number of carbonyl (C=O) groups excluding carboxylic acids is 1. The lowest BCUT2D eigenvalue weighted by atomic mass is 9.97. The number of nitrogens with one attached hydrogen (secondary N) is 1. The Bertz CT molecular complexity index is 294. The summed E-state index contributed by atoms with van der Waals surface area (Å²) in [5.41, 5.74) is 2.19. The highest BCUT2D eigenvalue weighted by atomic mass is 16.1. The molecule has 2 rings (SSSR count). The molecule has 1 saturated heterocycles. The third-order valence-corrected chi connectivity index (χ3v) is 3.05. The molecule has 14 heavy (non-hydrogen) atoms. The van der Waals surface area contributed by atoms with Gasteiger partial charge in [-0.05, 0) is 32.0 Å². The first-order valence-corrected chi connectivity index (χ1v) is 5.10. The van der Waals surface area contributed by atoms with Crippen molar-refractivity contribution in [2.24, 2.45) is 0 Å². The predicted molar refractivity (Wildman–Crippen MR) is 55.6 cm³/mol. The van der Waals surface area contributed by atoms with Crippen LogP contribution in [0.15, 0.2) is 23.5 Å². The topological polar surface area (TPSA) is 32.3 Å². The van der Waals surface area contributed by atoms with Crippen LogP contribution in [-0.4, -0.2) is 30.8 Å². The van der Waals surface area contributed by atoms with Crippen LogP contribution in [0.25, 0.3) is 0 Å². The first-order chi connectivity index (χ1) is 6.81. The van der Waals surface area contributed by atoms with Gasteiger partial charge < -0.3 is 5.32 Å². The molecular formula is C11H16N2O. The van der Waals surface area contributed by atoms with E-state index in [1.807, 2.05) is 6.20 Å². The Morgan fingerprint density at radius 2 is 2.43 bits per heavy atom. The van der Waals surface area contributed by atoms with Crippen LogP contribution >= 0.6 is 0 Å². The molecular weight excluding hydrogens is 176 g/mol. The number of rotatable bonds is 2. The van der Waals surface area contributed by atoms with Gasteiger partial charge in [0.05, 0.1) is 0 Å². The number of likely N-dealkylation sites (tertiary alicyclic amines) is 1. The van der Waals surface area contributed by atoms with Crippen molar-refractivity contribution in [2.45, 2.75) is 25.3 Å². The quantitative estimate of drug-likeness (QED) is 0.663. The number of allylic oxidation sites excluding steroid dienone is 1. The zero-order valence-electron chi connectivity index (χ0n) is 8.49. The van der Waals surface area contributed by atoms with E-state index in [4.69, 9.17) is 0 Å². The van der Waals surface area contributed by atoms with Crippen molar-refractivity contribution >= 4 is 6.29 Å². The molecule has 3 heteroatoms. The third kappa shape index (κ3) is 1.73. The summed E-state index contributed by atoms with van der Waals surface area (Å²) >= 11 is 0. The molecule has 2 heterocycles. The largest absolute Gasteiger partial charge is 0.367 e. The van der Waals surface area contributed by atoms with E-state index < -0.39 is 0 Å². The van der Waals surface area contributed by atoms with E-state index in [0.29, 0.717) is 6.04 Å². The highest BCUT2D eigenvalue weighted by Crippen LogP contribution is 2.26. The molecule has 76 valence electrons. The molecule has 0 spiro atoms. The van der Waals surface area contributed by atoms with Crippen LogP contribution < -0.4 is 5.32 Å². The fraction of sp³-hybridized carbons (Fsp3) is 0.545. The molecule has 0 aliphatic carbocycles. The minimum Gasteiger partial charge on any atom is -0.367 e. The normalized spacial score (nSPS) is 27.9. The van der Waals surface area contributed by atoms with Crippen LogP contribution in [0.5, 0.6) is 0 Å². The molecule has 0 amide bonds. The van der Waals surface area contributed by atoms with Crippen LogP contribution in [-0.2, 0) is 4.79 Å². The maximum atomic E-state index is 10.7. The number of hydrogen-bond acceptors (Lipinski definition) is 3. The van der Waals surface area contributed by atoms with Gasteiger partial charge in [-0.25, -0.2) is 0 Å². The number of nitrogens with zero attached hydrogens (tertiary/aromatic N) is 1. The summed E-state index contributed by atoms with van der Waals surface area (Å²) in [6, 6.07) is 0.533. The second-order valence-electron chi connectivity index (χ2n) is 4.04. The van der Waals surface area contributed by atoms with Gasteiger partial charge in [0.25, 0.3) is 0 Å². The summed E-state index contributed by atoms with van der Waals surface area (Å²) in [5.74, 6) is 0. The third-order valence-electron chi connectivity index (χ3n) is 3.05. The first-order valence-electron chi connectivity index (χ1n) is 5.10. The Morgan fingerprint density at radius 1 is 1.57 bits per heavy atom. The smallest absolute Gasteiger partial charge is 0.147 e. The van der Waals surface area contributed by atoms with Gasteiger partial charge in [-0.1, -0.05) is 0 Å². The number of likely N-dealkylation sites (N-methyl/N-ethyl adjacent to an activating group) is 1. The molecule has 0 aromatic heterocycles. The number of hydrogen-bond donors (Lipinski definition) is 1. The fourth-order valence-electron chi connectivity index (χ4n) is 2.26. The number of aldehydes is 1. The van der Waals surface area contributed by atoms with E-state index in [1.165, 1.54) is 25.0 Å². The number of carbonyl (C=O) groups is 1. The van der Waals surface area contributed by atoms with Gasteiger partial charge in [-0.15, -0.1) is 0 Å². The van der Waals surface area contributed by atoms with Crippen molar-refractivity contribution in [1.82, 2.24) is 10.2 Å². The van der Waals surface area contributed by atoms with E-state index in [1.54, 1.807) is 6.20 Å². The molecule has 2 aliphatic heterocycles. The SMILES string of the molecule is CN1CCCC1C1=CNC=C(C=O)C1. The zero-order chi connectivity index (χ0) is 9.97. The predicted octanol–water partition coefficient (Wildman–Crippen LogP) is 1.04. The van der Waals surface area contributed by atoms with Crippen molar-refractivity contribution in [3.05, 3.63) is 23.5 Å². The Hall–Kier alpha value is -1.09. The summed E-state index contributed by atoms with van der Waals surface area (Å²) in [7, 11) is 2.15. The number of dihydropyridines is 1. The molecule has 1 fully saturated rings. The molecule has 0 aromatic carbocycles. The monoisotopic (exact) mass is 192 g/mol. The Morgan fingerprint density at radius 3 is 3.07 bits per heavy atom.